The number of rotatable bonds is 6. The Kier molecular flexibility index (Phi) is 7.11. The number of esters is 1. The lowest BCUT2D eigenvalue weighted by Gasteiger charge is -2.36. The summed E-state index contributed by atoms with van der Waals surface area (Å²) in [5.74, 6) is -0.788. The molecule has 0 saturated heterocycles. The van der Waals surface area contributed by atoms with Gasteiger partial charge in [0.15, 0.2) is 6.17 Å². The molecule has 8 heteroatoms. The zero-order valence-electron chi connectivity index (χ0n) is 9.97. The minimum absolute atomic E-state index is 0.788. The highest BCUT2D eigenvalue weighted by Gasteiger charge is 2.47. The van der Waals surface area contributed by atoms with Gasteiger partial charge in [0.1, 0.15) is 5.38 Å². The fraction of sp³-hybridized carbons (Fsp3) is 0.900. The minimum Gasteiger partial charge on any atom is -0.468 e. The minimum atomic E-state index is -3.25. The van der Waals surface area contributed by atoms with Crippen LogP contribution in [0.15, 0.2) is 0 Å². The Morgan fingerprint density at radius 3 is 1.94 bits per heavy atom. The molecule has 108 valence electrons. The summed E-state index contributed by atoms with van der Waals surface area (Å²) in [5, 5.41) is -4.17. The number of carbonyl (C=O) groups excluding carboxylic acids is 1. The molecule has 0 aliphatic heterocycles. The van der Waals surface area contributed by atoms with Gasteiger partial charge in [0.2, 0.25) is 0 Å². The largest absolute Gasteiger partial charge is 0.468 e. The van der Waals surface area contributed by atoms with E-state index in [9.17, 15) is 18.0 Å². The summed E-state index contributed by atoms with van der Waals surface area (Å²) in [4.78, 5) is 11.3. The van der Waals surface area contributed by atoms with Crippen LogP contribution in [0.2, 0.25) is 0 Å². The third-order valence-corrected chi connectivity index (χ3v) is 4.79. The zero-order valence-corrected chi connectivity index (χ0v) is 12.2. The Balaban J connectivity index is 4.94. The molecule has 0 aliphatic rings. The number of carbonyl (C=O) groups is 1. The first-order chi connectivity index (χ1) is 8.07. The van der Waals surface area contributed by atoms with Crippen LogP contribution >= 0.6 is 34.8 Å². The highest BCUT2D eigenvalue weighted by atomic mass is 35.5. The molecule has 4 unspecified atom stereocenters. The first kappa shape index (κ1) is 18.1. The van der Waals surface area contributed by atoms with Gasteiger partial charge in [-0.25, -0.2) is 13.2 Å². The maximum atomic E-state index is 13.1. The molecule has 0 fully saturated rings. The Hall–Kier alpha value is 0.130. The Morgan fingerprint density at radius 2 is 1.61 bits per heavy atom. The second-order valence-electron chi connectivity index (χ2n) is 4.33. The van der Waals surface area contributed by atoms with E-state index in [1.165, 1.54) is 13.8 Å². The summed E-state index contributed by atoms with van der Waals surface area (Å²) in [7, 11) is 1.12. The van der Waals surface area contributed by atoms with Crippen molar-refractivity contribution >= 4 is 40.8 Å². The van der Waals surface area contributed by atoms with E-state index in [1.54, 1.807) is 0 Å². The summed E-state index contributed by atoms with van der Waals surface area (Å²) >= 11 is 17.2. The van der Waals surface area contributed by atoms with Gasteiger partial charge in [-0.3, -0.25) is 4.79 Å². The van der Waals surface area contributed by atoms with Crippen LogP contribution in [0.3, 0.4) is 0 Å². The van der Waals surface area contributed by atoms with Gasteiger partial charge in [0, 0.05) is 5.41 Å². The molecule has 0 saturated carbocycles. The van der Waals surface area contributed by atoms with Crippen molar-refractivity contribution in [1.29, 1.82) is 0 Å². The second kappa shape index (κ2) is 7.06. The second-order valence-corrected chi connectivity index (χ2v) is 5.74. The third kappa shape index (κ3) is 4.07. The predicted octanol–water partition coefficient (Wildman–Crippen LogP) is 3.61. The van der Waals surface area contributed by atoms with E-state index < -0.39 is 40.1 Å². The Morgan fingerprint density at radius 1 is 1.17 bits per heavy atom. The van der Waals surface area contributed by atoms with Gasteiger partial charge >= 0.3 is 5.97 Å². The van der Waals surface area contributed by atoms with Crippen molar-refractivity contribution in [3.8, 4) is 0 Å². The van der Waals surface area contributed by atoms with Gasteiger partial charge in [-0.1, -0.05) is 13.8 Å². The van der Waals surface area contributed by atoms with E-state index in [0.29, 0.717) is 0 Å². The van der Waals surface area contributed by atoms with Gasteiger partial charge in [-0.2, -0.15) is 0 Å². The summed E-state index contributed by atoms with van der Waals surface area (Å²) in [6, 6.07) is 0. The quantitative estimate of drug-likeness (QED) is 0.550. The average molecular weight is 330 g/mol. The molecule has 0 aliphatic carbocycles. The Labute approximate surface area is 119 Å². The predicted molar refractivity (Wildman–Crippen MR) is 65.6 cm³/mol. The van der Waals surface area contributed by atoms with E-state index in [2.05, 4.69) is 4.74 Å². The molecule has 0 aromatic heterocycles. The van der Waals surface area contributed by atoms with Crippen LogP contribution in [0.5, 0.6) is 0 Å². The molecule has 0 N–H and O–H groups in total. The van der Waals surface area contributed by atoms with Gasteiger partial charge in [-0.05, 0) is 0 Å². The standard InChI is InChI=1S/C10H14Cl3F3O2/c1-10(2,7(13)9(17)18-3)6(12)4(11)5(14)8(15)16/h4-8H,1-3H3. The maximum absolute atomic E-state index is 13.1. The monoisotopic (exact) mass is 328 g/mol. The lowest BCUT2D eigenvalue weighted by molar-refractivity contribution is -0.142. The highest BCUT2D eigenvalue weighted by molar-refractivity contribution is 6.34. The van der Waals surface area contributed by atoms with Crippen LogP contribution in [-0.2, 0) is 9.53 Å². The molecule has 0 rings (SSSR count). The molecular weight excluding hydrogens is 315 g/mol. The van der Waals surface area contributed by atoms with E-state index in [1.807, 2.05) is 0 Å². The normalized spacial score (nSPS) is 19.2. The van der Waals surface area contributed by atoms with Gasteiger partial charge in [0.25, 0.3) is 6.43 Å². The van der Waals surface area contributed by atoms with Gasteiger partial charge in [-0.15, -0.1) is 34.8 Å². The van der Waals surface area contributed by atoms with Gasteiger partial charge < -0.3 is 4.74 Å². The van der Waals surface area contributed by atoms with Crippen LogP contribution in [0.25, 0.3) is 0 Å². The SMILES string of the molecule is COC(=O)C(Cl)C(C)(C)C(Cl)C(Cl)C(F)C(F)F. The number of halogens is 6. The molecule has 18 heavy (non-hydrogen) atoms. The molecule has 0 aromatic rings. The molecule has 0 heterocycles. The van der Waals surface area contributed by atoms with Crippen molar-refractivity contribution in [1.82, 2.24) is 0 Å². The highest BCUT2D eigenvalue weighted by Crippen LogP contribution is 2.39. The number of methoxy groups -OCH3 is 1. The van der Waals surface area contributed by atoms with Crippen LogP contribution in [0.4, 0.5) is 13.2 Å². The molecule has 2 nitrogen and oxygen atoms in total. The van der Waals surface area contributed by atoms with Crippen LogP contribution in [0.1, 0.15) is 13.8 Å². The number of hydrogen-bond acceptors (Lipinski definition) is 2. The molecule has 0 amide bonds. The smallest absolute Gasteiger partial charge is 0.324 e. The lowest BCUT2D eigenvalue weighted by Crippen LogP contribution is -2.47. The van der Waals surface area contributed by atoms with Crippen molar-refractivity contribution in [2.24, 2.45) is 5.41 Å². The van der Waals surface area contributed by atoms with E-state index in [4.69, 9.17) is 34.8 Å². The maximum Gasteiger partial charge on any atom is 0.324 e. The number of ether oxygens (including phenoxy) is 1. The number of alkyl halides is 6. The van der Waals surface area contributed by atoms with Crippen molar-refractivity contribution in [2.75, 3.05) is 7.11 Å². The molecule has 4 atom stereocenters. The topological polar surface area (TPSA) is 26.3 Å². The molecule has 0 aromatic carbocycles. The van der Waals surface area contributed by atoms with Crippen LogP contribution in [-0.4, -0.2) is 41.8 Å². The van der Waals surface area contributed by atoms with E-state index in [0.717, 1.165) is 7.11 Å². The van der Waals surface area contributed by atoms with Crippen molar-refractivity contribution in [2.45, 2.75) is 42.6 Å². The van der Waals surface area contributed by atoms with Gasteiger partial charge in [0.05, 0.1) is 17.9 Å². The first-order valence-electron chi connectivity index (χ1n) is 4.99. The third-order valence-electron chi connectivity index (χ3n) is 2.60. The summed E-state index contributed by atoms with van der Waals surface area (Å²) in [6.07, 6.45) is -5.86. The van der Waals surface area contributed by atoms with E-state index in [-0.39, 0.29) is 0 Å². The van der Waals surface area contributed by atoms with Crippen molar-refractivity contribution in [3.63, 3.8) is 0 Å². The summed E-state index contributed by atoms with van der Waals surface area (Å²) in [6.45, 7) is 2.85. The first-order valence-corrected chi connectivity index (χ1v) is 6.30. The number of hydrogen-bond donors (Lipinski definition) is 0. The molecule has 0 spiro atoms. The average Bonchev–Trinajstić information content (AvgIpc) is 2.33. The molecule has 0 radical (unpaired) electrons. The zero-order chi connectivity index (χ0) is 14.7. The molecule has 0 bridgehead atoms. The lowest BCUT2D eigenvalue weighted by atomic mass is 9.82. The van der Waals surface area contributed by atoms with Crippen molar-refractivity contribution < 1.29 is 22.7 Å². The fourth-order valence-corrected chi connectivity index (χ4v) is 2.25. The van der Waals surface area contributed by atoms with Crippen LogP contribution < -0.4 is 0 Å². The fourth-order valence-electron chi connectivity index (χ4n) is 1.26. The summed E-state index contributed by atoms with van der Waals surface area (Å²) in [5.41, 5.74) is -1.22. The van der Waals surface area contributed by atoms with E-state index >= 15 is 0 Å². The Bertz CT molecular complexity index is 290. The van der Waals surface area contributed by atoms with Crippen molar-refractivity contribution in [3.05, 3.63) is 0 Å². The van der Waals surface area contributed by atoms with Crippen LogP contribution in [0, 0.1) is 5.41 Å². The summed E-state index contributed by atoms with van der Waals surface area (Å²) < 4.78 is 42.0. The molecular formula is C10H14Cl3F3O2.